The topological polar surface area (TPSA) is 66.4 Å². The van der Waals surface area contributed by atoms with Crippen molar-refractivity contribution in [3.05, 3.63) is 63.1 Å². The van der Waals surface area contributed by atoms with E-state index in [1.165, 1.54) is 12.1 Å². The van der Waals surface area contributed by atoms with E-state index in [-0.39, 0.29) is 11.5 Å². The molecule has 108 valence electrons. The van der Waals surface area contributed by atoms with Crippen LogP contribution in [0.3, 0.4) is 0 Å². The minimum absolute atomic E-state index is 0.141. The number of carboxylic acids is 1. The molecule has 0 radical (unpaired) electrons. The Morgan fingerprint density at radius 2 is 1.71 bits per heavy atom. The molecule has 2 N–H and O–H groups in total. The number of halogens is 1. The van der Waals surface area contributed by atoms with Gasteiger partial charge in [-0.3, -0.25) is 4.79 Å². The van der Waals surface area contributed by atoms with E-state index in [1.807, 2.05) is 26.0 Å². The number of hydrogen-bond acceptors (Lipinski definition) is 2. The second-order valence-corrected chi connectivity index (χ2v) is 5.66. The Labute approximate surface area is 130 Å². The molecule has 5 heteroatoms. The van der Waals surface area contributed by atoms with Gasteiger partial charge in [0.05, 0.1) is 5.56 Å². The third-order valence-electron chi connectivity index (χ3n) is 3.18. The first-order valence-electron chi connectivity index (χ1n) is 6.30. The van der Waals surface area contributed by atoms with Crippen molar-refractivity contribution in [2.45, 2.75) is 13.8 Å². The smallest absolute Gasteiger partial charge is 0.335 e. The molecular formula is C16H14BrNO3. The van der Waals surface area contributed by atoms with Crippen LogP contribution in [0.2, 0.25) is 0 Å². The van der Waals surface area contributed by atoms with E-state index < -0.39 is 5.97 Å². The molecule has 1 amide bonds. The van der Waals surface area contributed by atoms with E-state index in [2.05, 4.69) is 21.2 Å². The lowest BCUT2D eigenvalue weighted by Crippen LogP contribution is -2.14. The van der Waals surface area contributed by atoms with Gasteiger partial charge in [0.25, 0.3) is 5.91 Å². The van der Waals surface area contributed by atoms with Gasteiger partial charge in [-0.25, -0.2) is 4.79 Å². The van der Waals surface area contributed by atoms with Crippen LogP contribution < -0.4 is 5.32 Å². The molecule has 21 heavy (non-hydrogen) atoms. The van der Waals surface area contributed by atoms with Crippen molar-refractivity contribution in [3.8, 4) is 0 Å². The number of carbonyl (C=O) groups is 2. The van der Waals surface area contributed by atoms with Gasteiger partial charge in [0.1, 0.15) is 0 Å². The summed E-state index contributed by atoms with van der Waals surface area (Å²) in [5.74, 6) is -1.29. The lowest BCUT2D eigenvalue weighted by atomic mass is 10.1. The minimum Gasteiger partial charge on any atom is -0.478 e. The van der Waals surface area contributed by atoms with Crippen LogP contribution in [0.25, 0.3) is 0 Å². The van der Waals surface area contributed by atoms with Gasteiger partial charge in [-0.15, -0.1) is 0 Å². The predicted octanol–water partition coefficient (Wildman–Crippen LogP) is 4.02. The minimum atomic E-state index is -1.02. The SMILES string of the molecule is Cc1ccc(C(=O)O)cc1NC(=O)c1cc(Br)ccc1C. The molecule has 0 aromatic heterocycles. The lowest BCUT2D eigenvalue weighted by Gasteiger charge is -2.11. The van der Waals surface area contributed by atoms with Crippen molar-refractivity contribution in [2.24, 2.45) is 0 Å². The number of hydrogen-bond donors (Lipinski definition) is 2. The van der Waals surface area contributed by atoms with Gasteiger partial charge in [-0.1, -0.05) is 28.1 Å². The molecule has 0 spiro atoms. The van der Waals surface area contributed by atoms with Crippen LogP contribution in [0.15, 0.2) is 40.9 Å². The van der Waals surface area contributed by atoms with Crippen molar-refractivity contribution >= 4 is 33.5 Å². The van der Waals surface area contributed by atoms with Crippen molar-refractivity contribution in [1.82, 2.24) is 0 Å². The van der Waals surface area contributed by atoms with Crippen LogP contribution in [0.4, 0.5) is 5.69 Å². The van der Waals surface area contributed by atoms with Crippen LogP contribution in [0.5, 0.6) is 0 Å². The van der Waals surface area contributed by atoms with Crippen LogP contribution in [-0.2, 0) is 0 Å². The Morgan fingerprint density at radius 1 is 1.05 bits per heavy atom. The first-order chi connectivity index (χ1) is 9.88. The number of amides is 1. The van der Waals surface area contributed by atoms with Crippen LogP contribution in [-0.4, -0.2) is 17.0 Å². The van der Waals surface area contributed by atoms with Gasteiger partial charge in [0.15, 0.2) is 0 Å². The average Bonchev–Trinajstić information content (AvgIpc) is 2.43. The quantitative estimate of drug-likeness (QED) is 0.881. The molecule has 0 fully saturated rings. The Kier molecular flexibility index (Phi) is 4.43. The summed E-state index contributed by atoms with van der Waals surface area (Å²) < 4.78 is 0.814. The monoisotopic (exact) mass is 347 g/mol. The van der Waals surface area contributed by atoms with Crippen LogP contribution in [0, 0.1) is 13.8 Å². The maximum atomic E-state index is 12.3. The fourth-order valence-electron chi connectivity index (χ4n) is 1.92. The molecule has 0 aliphatic heterocycles. The first kappa shape index (κ1) is 15.3. The van der Waals surface area contributed by atoms with Gasteiger partial charge in [0, 0.05) is 15.7 Å². The molecule has 0 aliphatic carbocycles. The van der Waals surface area contributed by atoms with Gasteiger partial charge in [0.2, 0.25) is 0 Å². The highest BCUT2D eigenvalue weighted by Crippen LogP contribution is 2.21. The number of carbonyl (C=O) groups excluding carboxylic acids is 1. The average molecular weight is 348 g/mol. The molecule has 0 saturated heterocycles. The summed E-state index contributed by atoms with van der Waals surface area (Å²) in [5, 5.41) is 11.8. The highest BCUT2D eigenvalue weighted by molar-refractivity contribution is 9.10. The molecule has 2 aromatic rings. The van der Waals surface area contributed by atoms with E-state index in [4.69, 9.17) is 5.11 Å². The summed E-state index contributed by atoms with van der Waals surface area (Å²) in [4.78, 5) is 23.3. The third kappa shape index (κ3) is 3.49. The number of nitrogens with one attached hydrogen (secondary N) is 1. The summed E-state index contributed by atoms with van der Waals surface area (Å²) in [6.07, 6.45) is 0. The number of benzene rings is 2. The van der Waals surface area contributed by atoms with E-state index >= 15 is 0 Å². The summed E-state index contributed by atoms with van der Waals surface area (Å²) in [7, 11) is 0. The van der Waals surface area contributed by atoms with E-state index in [9.17, 15) is 9.59 Å². The summed E-state index contributed by atoms with van der Waals surface area (Å²) in [5.41, 5.74) is 2.84. The van der Waals surface area contributed by atoms with Gasteiger partial charge in [-0.05, 0) is 49.2 Å². The molecule has 2 aromatic carbocycles. The fraction of sp³-hybridized carbons (Fsp3) is 0.125. The highest BCUT2D eigenvalue weighted by atomic mass is 79.9. The zero-order valence-electron chi connectivity index (χ0n) is 11.6. The Balaban J connectivity index is 2.33. The Hall–Kier alpha value is -2.14. The third-order valence-corrected chi connectivity index (χ3v) is 3.67. The first-order valence-corrected chi connectivity index (χ1v) is 7.09. The standard InChI is InChI=1S/C16H14BrNO3/c1-9-4-6-12(17)8-13(9)15(19)18-14-7-11(16(20)21)5-3-10(14)2/h3-8H,1-2H3,(H,18,19)(H,20,21). The van der Waals surface area contributed by atoms with Crippen molar-refractivity contribution in [3.63, 3.8) is 0 Å². The zero-order valence-corrected chi connectivity index (χ0v) is 13.2. The van der Waals surface area contributed by atoms with Crippen molar-refractivity contribution < 1.29 is 14.7 Å². The van der Waals surface area contributed by atoms with Crippen molar-refractivity contribution in [1.29, 1.82) is 0 Å². The lowest BCUT2D eigenvalue weighted by molar-refractivity contribution is 0.0696. The maximum absolute atomic E-state index is 12.3. The molecule has 0 bridgehead atoms. The van der Waals surface area contributed by atoms with E-state index in [0.29, 0.717) is 11.3 Å². The predicted molar refractivity (Wildman–Crippen MR) is 85.0 cm³/mol. The van der Waals surface area contributed by atoms with Crippen LogP contribution >= 0.6 is 15.9 Å². The van der Waals surface area contributed by atoms with E-state index in [0.717, 1.165) is 15.6 Å². The Morgan fingerprint density at radius 3 is 2.38 bits per heavy atom. The molecule has 0 unspecified atom stereocenters. The second kappa shape index (κ2) is 6.10. The molecule has 0 atom stereocenters. The van der Waals surface area contributed by atoms with E-state index in [1.54, 1.807) is 12.1 Å². The molecule has 4 nitrogen and oxygen atoms in total. The number of aromatic carboxylic acids is 1. The van der Waals surface area contributed by atoms with Gasteiger partial charge in [-0.2, -0.15) is 0 Å². The highest BCUT2D eigenvalue weighted by Gasteiger charge is 2.12. The Bertz CT molecular complexity index is 725. The number of aryl methyl sites for hydroxylation is 2. The van der Waals surface area contributed by atoms with Crippen LogP contribution in [0.1, 0.15) is 31.8 Å². The van der Waals surface area contributed by atoms with Crippen molar-refractivity contribution in [2.75, 3.05) is 5.32 Å². The van der Waals surface area contributed by atoms with Gasteiger partial charge < -0.3 is 10.4 Å². The molecular weight excluding hydrogens is 334 g/mol. The molecule has 0 heterocycles. The largest absolute Gasteiger partial charge is 0.478 e. The molecule has 2 rings (SSSR count). The second-order valence-electron chi connectivity index (χ2n) is 4.75. The molecule has 0 aliphatic rings. The summed E-state index contributed by atoms with van der Waals surface area (Å²) in [6, 6.07) is 10.1. The summed E-state index contributed by atoms with van der Waals surface area (Å²) in [6.45, 7) is 3.66. The maximum Gasteiger partial charge on any atom is 0.335 e. The number of rotatable bonds is 3. The summed E-state index contributed by atoms with van der Waals surface area (Å²) >= 11 is 3.34. The normalized spacial score (nSPS) is 10.2. The zero-order chi connectivity index (χ0) is 15.6. The fourth-order valence-corrected chi connectivity index (χ4v) is 2.28. The number of anilines is 1. The van der Waals surface area contributed by atoms with Gasteiger partial charge >= 0.3 is 5.97 Å². The number of carboxylic acid groups (broad SMARTS) is 1. The molecule has 0 saturated carbocycles.